The van der Waals surface area contributed by atoms with Gasteiger partial charge in [0, 0.05) is 18.3 Å². The van der Waals surface area contributed by atoms with Crippen molar-refractivity contribution in [3.8, 4) is 11.5 Å². The van der Waals surface area contributed by atoms with Crippen LogP contribution < -0.4 is 25.6 Å². The maximum absolute atomic E-state index is 13.6. The monoisotopic (exact) mass is 584 g/mol. The first-order valence-electron chi connectivity index (χ1n) is 13.9. The third-order valence-corrected chi connectivity index (χ3v) is 8.58. The number of rotatable bonds is 8. The molecule has 2 aromatic carbocycles. The van der Waals surface area contributed by atoms with Gasteiger partial charge in [-0.05, 0) is 82.2 Å². The highest BCUT2D eigenvalue weighted by molar-refractivity contribution is 7.21. The highest BCUT2D eigenvalue weighted by atomic mass is 32.1. The molecule has 0 bridgehead atoms. The van der Waals surface area contributed by atoms with Crippen LogP contribution in [0.5, 0.6) is 11.5 Å². The zero-order chi connectivity index (χ0) is 29.4. The number of thiophene rings is 1. The molecule has 1 saturated carbocycles. The fourth-order valence-electron chi connectivity index (χ4n) is 5.63. The number of amides is 4. The molecular weight excluding hydrogens is 552 g/mol. The Morgan fingerprint density at radius 1 is 1.05 bits per heavy atom. The van der Waals surface area contributed by atoms with Gasteiger partial charge < -0.3 is 25.6 Å². The summed E-state index contributed by atoms with van der Waals surface area (Å²) in [5.74, 6) is 1.03. The molecule has 2 aliphatic rings. The zero-order valence-corrected chi connectivity index (χ0v) is 24.5. The van der Waals surface area contributed by atoms with Crippen molar-refractivity contribution in [3.63, 3.8) is 0 Å². The number of ether oxygens (including phenoxy) is 1. The van der Waals surface area contributed by atoms with Crippen LogP contribution in [0.15, 0.2) is 60.8 Å². The molecule has 0 unspecified atom stereocenters. The molecule has 4 amide bonds. The van der Waals surface area contributed by atoms with Crippen molar-refractivity contribution in [2.45, 2.75) is 38.3 Å². The average Bonchev–Trinajstić information content (AvgIpc) is 3.54. The van der Waals surface area contributed by atoms with Crippen LogP contribution in [-0.4, -0.2) is 60.5 Å². The summed E-state index contributed by atoms with van der Waals surface area (Å²) in [5.41, 5.74) is 2.67. The lowest BCUT2D eigenvalue weighted by Crippen LogP contribution is -2.50. The van der Waals surface area contributed by atoms with Crippen molar-refractivity contribution in [3.05, 3.63) is 71.2 Å². The number of nitrogens with zero attached hydrogens (tertiary/aromatic N) is 3. The Bertz CT molecular complexity index is 1670. The number of hydrogen-bond donors (Lipinski definition) is 3. The summed E-state index contributed by atoms with van der Waals surface area (Å²) in [6.07, 6.45) is 4.13. The van der Waals surface area contributed by atoms with E-state index in [-0.39, 0.29) is 36.5 Å². The maximum Gasteiger partial charge on any atom is 0.331 e. The third-order valence-electron chi connectivity index (χ3n) is 7.48. The van der Waals surface area contributed by atoms with Gasteiger partial charge in [-0.15, -0.1) is 11.3 Å². The Labute approximate surface area is 247 Å². The number of carbonyl (C=O) groups excluding carboxylic acids is 3. The van der Waals surface area contributed by atoms with Gasteiger partial charge in [0.05, 0.1) is 29.0 Å². The lowest BCUT2D eigenvalue weighted by molar-refractivity contribution is -0.122. The highest BCUT2D eigenvalue weighted by Crippen LogP contribution is 2.46. The van der Waals surface area contributed by atoms with E-state index < -0.39 is 0 Å². The molecule has 1 aliphatic carbocycles. The van der Waals surface area contributed by atoms with Crippen molar-refractivity contribution < 1.29 is 19.1 Å². The van der Waals surface area contributed by atoms with Gasteiger partial charge in [0.2, 0.25) is 5.91 Å². The number of aryl methyl sites for hydroxylation is 1. The number of para-hydroxylation sites is 1. The number of pyridine rings is 1. The van der Waals surface area contributed by atoms with Gasteiger partial charge in [0.25, 0.3) is 5.91 Å². The lowest BCUT2D eigenvalue weighted by atomic mass is 10.1. The van der Waals surface area contributed by atoms with Crippen LogP contribution in [0.3, 0.4) is 0 Å². The summed E-state index contributed by atoms with van der Waals surface area (Å²) >= 11 is 1.25. The summed E-state index contributed by atoms with van der Waals surface area (Å²) in [5, 5.41) is 9.85. The second kappa shape index (κ2) is 11.4. The van der Waals surface area contributed by atoms with Crippen LogP contribution in [0.25, 0.3) is 10.2 Å². The fourth-order valence-corrected chi connectivity index (χ4v) is 6.65. The Kier molecular flexibility index (Phi) is 7.53. The molecular formula is C31H32N6O4S. The number of benzene rings is 2. The molecule has 3 heterocycles. The van der Waals surface area contributed by atoms with Gasteiger partial charge in [0.1, 0.15) is 21.2 Å². The molecule has 11 heteroatoms. The largest absolute Gasteiger partial charge is 0.457 e. The van der Waals surface area contributed by atoms with E-state index in [9.17, 15) is 14.4 Å². The smallest absolute Gasteiger partial charge is 0.331 e. The molecule has 1 aliphatic heterocycles. The summed E-state index contributed by atoms with van der Waals surface area (Å²) in [7, 11) is 3.68. The van der Waals surface area contributed by atoms with E-state index in [0.717, 1.165) is 36.0 Å². The van der Waals surface area contributed by atoms with E-state index in [4.69, 9.17) is 4.74 Å². The van der Waals surface area contributed by atoms with Crippen LogP contribution in [0.2, 0.25) is 0 Å². The maximum atomic E-state index is 13.6. The molecule has 6 rings (SSSR count). The number of aromatic nitrogens is 1. The second-order valence-electron chi connectivity index (χ2n) is 10.9. The summed E-state index contributed by atoms with van der Waals surface area (Å²) in [4.78, 5) is 48.5. The topological polar surface area (TPSA) is 116 Å². The van der Waals surface area contributed by atoms with Gasteiger partial charge in [-0.3, -0.25) is 14.5 Å². The quantitative estimate of drug-likeness (QED) is 0.255. The van der Waals surface area contributed by atoms with Crippen LogP contribution in [0.1, 0.15) is 34.5 Å². The second-order valence-corrected chi connectivity index (χ2v) is 11.9. The molecule has 0 radical (unpaired) electrons. The SMILES string of the molecule is Cc1cc(Oc2ccccc2)ccc1N1C(=O)Nc2c(C(=O)N[C@@H]3CCC[C@H]3NC(=O)CN(C)C)sc3nccc1c23. The fraction of sp³-hybridized carbons (Fsp3) is 0.290. The number of urea groups is 1. The van der Waals surface area contributed by atoms with Crippen molar-refractivity contribution in [1.82, 2.24) is 20.5 Å². The van der Waals surface area contributed by atoms with E-state index in [2.05, 4.69) is 20.9 Å². The molecule has 2 aromatic heterocycles. The zero-order valence-electron chi connectivity index (χ0n) is 23.6. The Balaban J connectivity index is 1.26. The third kappa shape index (κ3) is 5.40. The molecule has 216 valence electrons. The molecule has 3 N–H and O–H groups in total. The van der Waals surface area contributed by atoms with Crippen LogP contribution in [0.4, 0.5) is 21.9 Å². The van der Waals surface area contributed by atoms with Crippen LogP contribution in [0, 0.1) is 6.92 Å². The Morgan fingerprint density at radius 2 is 1.81 bits per heavy atom. The number of nitrogens with one attached hydrogen (secondary N) is 3. The summed E-state index contributed by atoms with van der Waals surface area (Å²) in [6.45, 7) is 2.22. The van der Waals surface area contributed by atoms with Gasteiger partial charge in [0.15, 0.2) is 0 Å². The molecule has 1 fully saturated rings. The molecule has 4 aromatic rings. The van der Waals surface area contributed by atoms with E-state index in [0.29, 0.717) is 32.5 Å². The first-order chi connectivity index (χ1) is 20.3. The molecule has 42 heavy (non-hydrogen) atoms. The normalized spacial score (nSPS) is 17.8. The minimum Gasteiger partial charge on any atom is -0.457 e. The highest BCUT2D eigenvalue weighted by Gasteiger charge is 2.35. The van der Waals surface area contributed by atoms with Crippen molar-refractivity contribution >= 4 is 56.5 Å². The first kappa shape index (κ1) is 27.7. The Hall–Kier alpha value is -4.48. The minimum atomic E-state index is -0.364. The summed E-state index contributed by atoms with van der Waals surface area (Å²) < 4.78 is 5.97. The minimum absolute atomic E-state index is 0.0701. The number of anilines is 3. The predicted molar refractivity (Wildman–Crippen MR) is 164 cm³/mol. The van der Waals surface area contributed by atoms with Crippen LogP contribution >= 0.6 is 11.3 Å². The number of likely N-dealkylation sites (N-methyl/N-ethyl adjacent to an activating group) is 1. The molecule has 10 nitrogen and oxygen atoms in total. The molecule has 0 spiro atoms. The number of hydrogen-bond acceptors (Lipinski definition) is 7. The van der Waals surface area contributed by atoms with Crippen LogP contribution in [-0.2, 0) is 4.79 Å². The first-order valence-corrected chi connectivity index (χ1v) is 14.7. The van der Waals surface area contributed by atoms with Gasteiger partial charge in [-0.1, -0.05) is 18.2 Å². The van der Waals surface area contributed by atoms with E-state index in [1.165, 1.54) is 11.3 Å². The summed E-state index contributed by atoms with van der Waals surface area (Å²) in [6, 6.07) is 16.2. The van der Waals surface area contributed by atoms with Gasteiger partial charge in [-0.2, -0.15) is 0 Å². The van der Waals surface area contributed by atoms with E-state index in [1.807, 2.05) is 74.4 Å². The van der Waals surface area contributed by atoms with Gasteiger partial charge >= 0.3 is 6.03 Å². The van der Waals surface area contributed by atoms with E-state index in [1.54, 1.807) is 17.2 Å². The number of carbonyl (C=O) groups is 3. The van der Waals surface area contributed by atoms with Crippen molar-refractivity contribution in [2.75, 3.05) is 30.9 Å². The average molecular weight is 585 g/mol. The Morgan fingerprint density at radius 3 is 2.55 bits per heavy atom. The lowest BCUT2D eigenvalue weighted by Gasteiger charge is -2.29. The van der Waals surface area contributed by atoms with E-state index >= 15 is 0 Å². The predicted octanol–water partition coefficient (Wildman–Crippen LogP) is 5.41. The standard InChI is InChI=1S/C31H32N6O4S/c1-18-16-20(41-19-8-5-4-6-9-19)12-13-23(18)37-24-14-15-32-30-26(24)27(35-31(37)40)28(42-30)29(39)34-22-11-7-10-21(22)33-25(38)17-36(2)3/h4-6,8-9,12-16,21-22H,7,10-11,17H2,1-3H3,(H,33,38)(H,34,39)(H,35,40)/t21-,22-/m1/s1. The molecule has 0 saturated heterocycles. The molecule has 2 atom stereocenters. The van der Waals surface area contributed by atoms with Crippen molar-refractivity contribution in [1.29, 1.82) is 0 Å². The van der Waals surface area contributed by atoms with Crippen molar-refractivity contribution in [2.24, 2.45) is 0 Å². The van der Waals surface area contributed by atoms with Gasteiger partial charge in [-0.25, -0.2) is 9.78 Å².